The van der Waals surface area contributed by atoms with Crippen molar-refractivity contribution in [2.75, 3.05) is 11.9 Å². The van der Waals surface area contributed by atoms with Crippen molar-refractivity contribution in [2.45, 2.75) is 84.5 Å². The number of aromatic hydroxyl groups is 1. The lowest BCUT2D eigenvalue weighted by Crippen LogP contribution is -2.27. The van der Waals surface area contributed by atoms with E-state index >= 15 is 0 Å². The van der Waals surface area contributed by atoms with E-state index in [9.17, 15) is 15.0 Å². The number of nitrogens with one attached hydrogen (secondary N) is 1. The maximum Gasteiger partial charge on any atom is 0.248 e. The molecule has 212 valence electrons. The molecule has 1 aliphatic rings. The van der Waals surface area contributed by atoms with Crippen molar-refractivity contribution in [2.24, 2.45) is 5.92 Å². The van der Waals surface area contributed by atoms with Crippen molar-refractivity contribution in [1.29, 1.82) is 0 Å². The van der Waals surface area contributed by atoms with Crippen LogP contribution in [0.5, 0.6) is 17.4 Å². The van der Waals surface area contributed by atoms with Gasteiger partial charge in [-0.05, 0) is 57.7 Å². The van der Waals surface area contributed by atoms with Crippen molar-refractivity contribution in [3.05, 3.63) is 54.4 Å². The molecule has 0 unspecified atom stereocenters. The standard InChI is InChI=1S/C29H40N4O6/c1-19(2)12-24(27(35)30-25-10-11-32(31-25)16-23-18-37-29(5,6)39-23)33-17-22(14-26(33)34)38-21-9-7-8-20(13-21)15-28(3,4)36/h7-11,13-14,17,19,23-24,34,36H,12,15-16,18H2,1-6H3,(H,30,31,35)/t23-,24+/m1/s1. The first kappa shape index (κ1) is 28.7. The Hall–Kier alpha value is -3.34. The lowest BCUT2D eigenvalue weighted by atomic mass is 9.99. The number of benzene rings is 1. The molecule has 3 N–H and O–H groups in total. The van der Waals surface area contributed by atoms with Crippen LogP contribution in [0, 0.1) is 5.92 Å². The largest absolute Gasteiger partial charge is 0.494 e. The number of amides is 1. The predicted octanol–water partition coefficient (Wildman–Crippen LogP) is 4.87. The maximum atomic E-state index is 13.4. The Labute approximate surface area is 229 Å². The Morgan fingerprint density at radius 2 is 2.03 bits per heavy atom. The van der Waals surface area contributed by atoms with Crippen LogP contribution in [0.3, 0.4) is 0 Å². The van der Waals surface area contributed by atoms with Crippen molar-refractivity contribution < 1.29 is 29.2 Å². The quantitative estimate of drug-likeness (QED) is 0.317. The van der Waals surface area contributed by atoms with E-state index in [2.05, 4.69) is 10.4 Å². The van der Waals surface area contributed by atoms with Gasteiger partial charge in [-0.2, -0.15) is 5.10 Å². The topological polar surface area (TPSA) is 120 Å². The third-order valence-electron chi connectivity index (χ3n) is 6.26. The predicted molar refractivity (Wildman–Crippen MR) is 147 cm³/mol. The van der Waals surface area contributed by atoms with Gasteiger partial charge in [0.1, 0.15) is 23.6 Å². The van der Waals surface area contributed by atoms with E-state index < -0.39 is 17.4 Å². The third kappa shape index (κ3) is 8.08. The second kappa shape index (κ2) is 11.4. The van der Waals surface area contributed by atoms with Gasteiger partial charge in [-0.25, -0.2) is 0 Å². The fraction of sp³-hybridized carbons (Fsp3) is 0.517. The molecule has 0 aliphatic carbocycles. The molecule has 1 fully saturated rings. The summed E-state index contributed by atoms with van der Waals surface area (Å²) in [6.07, 6.45) is 4.26. The number of nitrogens with zero attached hydrogens (tertiary/aromatic N) is 3. The highest BCUT2D eigenvalue weighted by Crippen LogP contribution is 2.33. The molecule has 10 heteroatoms. The Bertz CT molecular complexity index is 1270. The van der Waals surface area contributed by atoms with Gasteiger partial charge in [0.25, 0.3) is 0 Å². The van der Waals surface area contributed by atoms with E-state index in [0.717, 1.165) is 5.56 Å². The lowest BCUT2D eigenvalue weighted by molar-refractivity contribution is -0.139. The van der Waals surface area contributed by atoms with E-state index in [0.29, 0.717) is 43.3 Å². The Morgan fingerprint density at radius 3 is 2.69 bits per heavy atom. The molecule has 1 aromatic carbocycles. The molecule has 10 nitrogen and oxygen atoms in total. The summed E-state index contributed by atoms with van der Waals surface area (Å²) in [5.74, 6) is 0.596. The SMILES string of the molecule is CC(C)C[C@@H](C(=O)Nc1ccn(C[C@@H]2COC(C)(C)O2)n1)n1cc(Oc2cccc(CC(C)(C)O)c2)cc1O. The van der Waals surface area contributed by atoms with Crippen LogP contribution in [0.2, 0.25) is 0 Å². The van der Waals surface area contributed by atoms with Crippen LogP contribution in [0.25, 0.3) is 0 Å². The number of aromatic nitrogens is 3. The molecule has 3 aromatic rings. The molecule has 0 radical (unpaired) electrons. The van der Waals surface area contributed by atoms with Gasteiger partial charge in [0.15, 0.2) is 17.5 Å². The van der Waals surface area contributed by atoms with E-state index in [1.165, 1.54) is 10.6 Å². The van der Waals surface area contributed by atoms with Gasteiger partial charge in [0.2, 0.25) is 5.91 Å². The van der Waals surface area contributed by atoms with Crippen LogP contribution < -0.4 is 10.1 Å². The zero-order chi connectivity index (χ0) is 28.4. The van der Waals surface area contributed by atoms with Crippen LogP contribution in [0.4, 0.5) is 5.82 Å². The molecule has 3 heterocycles. The first-order valence-corrected chi connectivity index (χ1v) is 13.3. The molecule has 1 amide bonds. The summed E-state index contributed by atoms with van der Waals surface area (Å²) in [5, 5.41) is 28.2. The highest BCUT2D eigenvalue weighted by molar-refractivity contribution is 5.93. The summed E-state index contributed by atoms with van der Waals surface area (Å²) >= 11 is 0. The molecule has 39 heavy (non-hydrogen) atoms. The maximum absolute atomic E-state index is 13.4. The Kier molecular flexibility index (Phi) is 8.39. The minimum atomic E-state index is -0.844. The van der Waals surface area contributed by atoms with Crippen LogP contribution >= 0.6 is 0 Å². The average Bonchev–Trinajstić information content (AvgIpc) is 3.49. The fourth-order valence-corrected chi connectivity index (χ4v) is 4.70. The summed E-state index contributed by atoms with van der Waals surface area (Å²) < 4.78 is 20.7. The summed E-state index contributed by atoms with van der Waals surface area (Å²) in [4.78, 5) is 13.4. The smallest absolute Gasteiger partial charge is 0.248 e. The first-order valence-electron chi connectivity index (χ1n) is 13.3. The van der Waals surface area contributed by atoms with Crippen molar-refractivity contribution in [1.82, 2.24) is 14.3 Å². The van der Waals surface area contributed by atoms with Gasteiger partial charge >= 0.3 is 0 Å². The minimum absolute atomic E-state index is 0.0787. The Balaban J connectivity index is 1.45. The second-order valence-corrected chi connectivity index (χ2v) is 11.7. The van der Waals surface area contributed by atoms with Crippen LogP contribution in [-0.2, 0) is 27.2 Å². The Morgan fingerprint density at radius 1 is 1.26 bits per heavy atom. The molecule has 4 rings (SSSR count). The van der Waals surface area contributed by atoms with Gasteiger partial charge in [0.05, 0.1) is 24.9 Å². The van der Waals surface area contributed by atoms with Gasteiger partial charge < -0.3 is 34.3 Å². The normalized spacial score (nSPS) is 17.9. The number of hydrogen-bond donors (Lipinski definition) is 3. The number of carbonyl (C=O) groups is 1. The number of aliphatic hydroxyl groups is 1. The molecule has 1 aliphatic heterocycles. The van der Waals surface area contributed by atoms with Gasteiger partial charge in [0, 0.05) is 24.8 Å². The third-order valence-corrected chi connectivity index (χ3v) is 6.26. The van der Waals surface area contributed by atoms with E-state index in [1.807, 2.05) is 45.9 Å². The zero-order valence-corrected chi connectivity index (χ0v) is 23.5. The first-order chi connectivity index (χ1) is 18.3. The van der Waals surface area contributed by atoms with Crippen LogP contribution in [0.15, 0.2) is 48.8 Å². The monoisotopic (exact) mass is 540 g/mol. The molecular weight excluding hydrogens is 500 g/mol. The molecule has 1 saturated heterocycles. The fourth-order valence-electron chi connectivity index (χ4n) is 4.70. The summed E-state index contributed by atoms with van der Waals surface area (Å²) in [6, 6.07) is 9.98. The van der Waals surface area contributed by atoms with E-state index in [4.69, 9.17) is 14.2 Å². The number of hydrogen-bond acceptors (Lipinski definition) is 7. The second-order valence-electron chi connectivity index (χ2n) is 11.7. The molecule has 2 aromatic heterocycles. The molecule has 0 saturated carbocycles. The van der Waals surface area contributed by atoms with Gasteiger partial charge in [-0.1, -0.05) is 26.0 Å². The lowest BCUT2D eigenvalue weighted by Gasteiger charge is -2.20. The number of rotatable bonds is 11. The minimum Gasteiger partial charge on any atom is -0.494 e. The van der Waals surface area contributed by atoms with E-state index in [-0.39, 0.29) is 23.8 Å². The molecule has 0 spiro atoms. The highest BCUT2D eigenvalue weighted by atomic mass is 16.7. The van der Waals surface area contributed by atoms with Crippen molar-refractivity contribution in [3.8, 4) is 17.4 Å². The van der Waals surface area contributed by atoms with Crippen molar-refractivity contribution in [3.63, 3.8) is 0 Å². The summed E-state index contributed by atoms with van der Waals surface area (Å²) in [6.45, 7) is 12.3. The average molecular weight is 541 g/mol. The number of carbonyl (C=O) groups excluding carboxylic acids is 1. The summed E-state index contributed by atoms with van der Waals surface area (Å²) in [5.41, 5.74) is 0.0826. The number of ether oxygens (including phenoxy) is 3. The zero-order valence-electron chi connectivity index (χ0n) is 23.5. The van der Waals surface area contributed by atoms with Gasteiger partial charge in [-0.3, -0.25) is 9.48 Å². The van der Waals surface area contributed by atoms with Crippen molar-refractivity contribution >= 4 is 11.7 Å². The summed E-state index contributed by atoms with van der Waals surface area (Å²) in [7, 11) is 0. The van der Waals surface area contributed by atoms with Gasteiger partial charge in [-0.15, -0.1) is 0 Å². The van der Waals surface area contributed by atoms with Crippen LogP contribution in [0.1, 0.15) is 59.6 Å². The van der Waals surface area contributed by atoms with Crippen LogP contribution in [-0.4, -0.2) is 54.6 Å². The highest BCUT2D eigenvalue weighted by Gasteiger charge is 2.33. The molecule has 0 bridgehead atoms. The van der Waals surface area contributed by atoms with E-state index in [1.54, 1.807) is 43.1 Å². The molecular formula is C29H40N4O6. The molecule has 2 atom stereocenters. The number of anilines is 1.